The Balaban J connectivity index is 1.95. The summed E-state index contributed by atoms with van der Waals surface area (Å²) in [5, 5.41) is 10.6. The van der Waals surface area contributed by atoms with Gasteiger partial charge in [-0.1, -0.05) is 15.9 Å². The van der Waals surface area contributed by atoms with Gasteiger partial charge in [0, 0.05) is 22.6 Å². The first-order valence-electron chi connectivity index (χ1n) is 5.86. The summed E-state index contributed by atoms with van der Waals surface area (Å²) < 4.78 is 6.47. The average Bonchev–Trinajstić information content (AvgIpc) is 2.73. The lowest BCUT2D eigenvalue weighted by Crippen LogP contribution is -2.17. The van der Waals surface area contributed by atoms with Crippen molar-refractivity contribution in [1.82, 2.24) is 0 Å². The molecular weight excluding hydrogens is 300 g/mol. The third-order valence-electron chi connectivity index (χ3n) is 3.15. The zero-order valence-electron chi connectivity index (χ0n) is 9.84. The fourth-order valence-electron chi connectivity index (χ4n) is 2.10. The predicted molar refractivity (Wildman–Crippen MR) is 71.2 cm³/mol. The molecule has 1 aromatic carbocycles. The number of nitro benzene ring substituents is 1. The van der Waals surface area contributed by atoms with E-state index < -0.39 is 4.92 Å². The minimum absolute atomic E-state index is 0.0773. The summed E-state index contributed by atoms with van der Waals surface area (Å²) in [5.41, 5.74) is 6.81. The smallest absolute Gasteiger partial charge is 0.270 e. The minimum Gasteiger partial charge on any atom is -0.373 e. The van der Waals surface area contributed by atoms with Gasteiger partial charge in [0.1, 0.15) is 0 Å². The number of nitrogens with two attached hydrogens (primary N) is 1. The molecule has 1 fully saturated rings. The Morgan fingerprint density at radius 1 is 1.50 bits per heavy atom. The quantitative estimate of drug-likeness (QED) is 0.684. The lowest BCUT2D eigenvalue weighted by molar-refractivity contribution is -0.384. The van der Waals surface area contributed by atoms with Gasteiger partial charge in [-0.25, -0.2) is 0 Å². The second-order valence-corrected chi connectivity index (χ2v) is 5.39. The Bertz CT molecular complexity index is 453. The molecule has 0 aliphatic heterocycles. The maximum Gasteiger partial charge on any atom is 0.270 e. The van der Waals surface area contributed by atoms with Crippen molar-refractivity contribution in [2.45, 2.75) is 38.0 Å². The SMILES string of the molecule is NC1CCC(OCc2ccc([N+](=O)[O-])cc2Br)C1. The monoisotopic (exact) mass is 314 g/mol. The molecular formula is C12H15BrN2O3. The molecule has 2 N–H and O–H groups in total. The molecule has 5 nitrogen and oxygen atoms in total. The molecule has 18 heavy (non-hydrogen) atoms. The number of rotatable bonds is 4. The molecule has 0 saturated heterocycles. The third kappa shape index (κ3) is 3.28. The van der Waals surface area contributed by atoms with Gasteiger partial charge >= 0.3 is 0 Å². The fraction of sp³-hybridized carbons (Fsp3) is 0.500. The first-order valence-corrected chi connectivity index (χ1v) is 6.65. The van der Waals surface area contributed by atoms with Crippen LogP contribution in [-0.2, 0) is 11.3 Å². The van der Waals surface area contributed by atoms with Crippen LogP contribution in [0.2, 0.25) is 0 Å². The number of ether oxygens (including phenoxy) is 1. The van der Waals surface area contributed by atoms with Crippen molar-refractivity contribution in [2.75, 3.05) is 0 Å². The van der Waals surface area contributed by atoms with Gasteiger partial charge in [-0.2, -0.15) is 0 Å². The van der Waals surface area contributed by atoms with Crippen molar-refractivity contribution in [1.29, 1.82) is 0 Å². The molecule has 2 unspecified atom stereocenters. The molecule has 1 aliphatic carbocycles. The van der Waals surface area contributed by atoms with Gasteiger partial charge in [0.2, 0.25) is 0 Å². The lowest BCUT2D eigenvalue weighted by Gasteiger charge is -2.12. The fourth-order valence-corrected chi connectivity index (χ4v) is 2.58. The van der Waals surface area contributed by atoms with Gasteiger partial charge in [0.15, 0.2) is 0 Å². The second-order valence-electron chi connectivity index (χ2n) is 4.54. The summed E-state index contributed by atoms with van der Waals surface area (Å²) >= 11 is 3.33. The molecule has 6 heteroatoms. The number of hydrogen-bond acceptors (Lipinski definition) is 4. The Hall–Kier alpha value is -0.980. The lowest BCUT2D eigenvalue weighted by atomic mass is 10.2. The van der Waals surface area contributed by atoms with Crippen molar-refractivity contribution >= 4 is 21.6 Å². The van der Waals surface area contributed by atoms with Crippen molar-refractivity contribution in [3.8, 4) is 0 Å². The van der Waals surface area contributed by atoms with E-state index in [0.717, 1.165) is 24.8 Å². The van der Waals surface area contributed by atoms with Crippen LogP contribution < -0.4 is 5.73 Å². The highest BCUT2D eigenvalue weighted by Crippen LogP contribution is 2.26. The number of halogens is 1. The summed E-state index contributed by atoms with van der Waals surface area (Å²) in [6.45, 7) is 0.454. The Kier molecular flexibility index (Phi) is 4.31. The van der Waals surface area contributed by atoms with Crippen LogP contribution in [0, 0.1) is 10.1 Å². The van der Waals surface area contributed by atoms with E-state index in [1.165, 1.54) is 12.1 Å². The largest absolute Gasteiger partial charge is 0.373 e. The average molecular weight is 315 g/mol. The Labute approximate surface area is 114 Å². The van der Waals surface area contributed by atoms with Crippen molar-refractivity contribution in [3.63, 3.8) is 0 Å². The van der Waals surface area contributed by atoms with Crippen molar-refractivity contribution in [2.24, 2.45) is 5.73 Å². The molecule has 0 aromatic heterocycles. The number of hydrogen-bond donors (Lipinski definition) is 1. The van der Waals surface area contributed by atoms with Gasteiger partial charge in [-0.05, 0) is 30.9 Å². The van der Waals surface area contributed by atoms with E-state index in [-0.39, 0.29) is 17.8 Å². The predicted octanol–water partition coefficient (Wildman–Crippen LogP) is 2.75. The van der Waals surface area contributed by atoms with Gasteiger partial charge in [0.05, 0.1) is 17.6 Å². The summed E-state index contributed by atoms with van der Waals surface area (Å²) in [5.74, 6) is 0. The van der Waals surface area contributed by atoms with Gasteiger partial charge in [0.25, 0.3) is 5.69 Å². The van der Waals surface area contributed by atoms with Crippen LogP contribution in [0.25, 0.3) is 0 Å². The van der Waals surface area contributed by atoms with Gasteiger partial charge < -0.3 is 10.5 Å². The number of nitrogens with zero attached hydrogens (tertiary/aromatic N) is 1. The molecule has 0 amide bonds. The van der Waals surface area contributed by atoms with Crippen LogP contribution in [0.1, 0.15) is 24.8 Å². The van der Waals surface area contributed by atoms with Crippen LogP contribution in [0.5, 0.6) is 0 Å². The molecule has 0 radical (unpaired) electrons. The van der Waals surface area contributed by atoms with Gasteiger partial charge in [-0.15, -0.1) is 0 Å². The van der Waals surface area contributed by atoms with E-state index in [1.54, 1.807) is 6.07 Å². The van der Waals surface area contributed by atoms with E-state index >= 15 is 0 Å². The topological polar surface area (TPSA) is 78.4 Å². The molecule has 0 bridgehead atoms. The van der Waals surface area contributed by atoms with Crippen LogP contribution in [0.15, 0.2) is 22.7 Å². The van der Waals surface area contributed by atoms with Gasteiger partial charge in [-0.3, -0.25) is 10.1 Å². The first-order chi connectivity index (χ1) is 8.56. The Morgan fingerprint density at radius 3 is 2.83 bits per heavy atom. The van der Waals surface area contributed by atoms with E-state index in [0.29, 0.717) is 11.1 Å². The minimum atomic E-state index is -0.411. The number of nitro groups is 1. The summed E-state index contributed by atoms with van der Waals surface area (Å²) in [6.07, 6.45) is 3.10. The molecule has 0 spiro atoms. The standard InChI is InChI=1S/C12H15BrN2O3/c13-12-6-10(15(16)17)3-1-8(12)7-18-11-4-2-9(14)5-11/h1,3,6,9,11H,2,4-5,7,14H2. The van der Waals surface area contributed by atoms with E-state index in [2.05, 4.69) is 15.9 Å². The second kappa shape index (κ2) is 5.77. The molecule has 0 heterocycles. The Morgan fingerprint density at radius 2 is 2.28 bits per heavy atom. The normalized spacial score (nSPS) is 23.2. The molecule has 1 aromatic rings. The molecule has 1 aliphatic rings. The van der Waals surface area contributed by atoms with E-state index in [4.69, 9.17) is 10.5 Å². The highest BCUT2D eigenvalue weighted by Gasteiger charge is 2.22. The van der Waals surface area contributed by atoms with Crippen LogP contribution in [0.3, 0.4) is 0 Å². The number of non-ortho nitro benzene ring substituents is 1. The molecule has 1 saturated carbocycles. The third-order valence-corrected chi connectivity index (χ3v) is 3.89. The van der Waals surface area contributed by atoms with Crippen LogP contribution in [-0.4, -0.2) is 17.1 Å². The van der Waals surface area contributed by atoms with Crippen molar-refractivity contribution < 1.29 is 9.66 Å². The molecule has 2 rings (SSSR count). The van der Waals surface area contributed by atoms with E-state index in [9.17, 15) is 10.1 Å². The van der Waals surface area contributed by atoms with E-state index in [1.807, 2.05) is 0 Å². The zero-order chi connectivity index (χ0) is 13.1. The van der Waals surface area contributed by atoms with Crippen LogP contribution in [0.4, 0.5) is 5.69 Å². The molecule has 2 atom stereocenters. The first kappa shape index (κ1) is 13.5. The summed E-state index contributed by atoms with van der Waals surface area (Å²) in [7, 11) is 0. The van der Waals surface area contributed by atoms with Crippen molar-refractivity contribution in [3.05, 3.63) is 38.3 Å². The summed E-state index contributed by atoms with van der Waals surface area (Å²) in [6, 6.07) is 4.95. The maximum absolute atomic E-state index is 10.6. The highest BCUT2D eigenvalue weighted by atomic mass is 79.9. The summed E-state index contributed by atoms with van der Waals surface area (Å²) in [4.78, 5) is 10.2. The maximum atomic E-state index is 10.6. The zero-order valence-corrected chi connectivity index (χ0v) is 11.4. The van der Waals surface area contributed by atoms with Crippen LogP contribution >= 0.6 is 15.9 Å². The highest BCUT2D eigenvalue weighted by molar-refractivity contribution is 9.10. The molecule has 98 valence electrons. The number of benzene rings is 1.